The molecule has 61 heavy (non-hydrogen) atoms. The second-order valence-electron chi connectivity index (χ2n) is 16.7. The molecule has 13 rings (SSSR count). The molecule has 2 aliphatic carbocycles. The summed E-state index contributed by atoms with van der Waals surface area (Å²) in [6, 6.07) is 88.6. The van der Waals surface area contributed by atoms with Gasteiger partial charge in [0.05, 0.1) is 21.9 Å². The highest BCUT2D eigenvalue weighted by molar-refractivity contribution is 6.22. The number of fused-ring (bicyclic) bond motifs is 10. The highest BCUT2D eigenvalue weighted by Crippen LogP contribution is 2.65. The van der Waals surface area contributed by atoms with Gasteiger partial charge >= 0.3 is 0 Å². The van der Waals surface area contributed by atoms with Gasteiger partial charge in [-0.3, -0.25) is 0 Å². The average Bonchev–Trinajstić information content (AvgIpc) is 3.84. The van der Waals surface area contributed by atoms with Gasteiger partial charge in [-0.05, 0) is 114 Å². The van der Waals surface area contributed by atoms with Crippen molar-refractivity contribution >= 4 is 32.6 Å². The van der Waals surface area contributed by atoms with Gasteiger partial charge in [-0.1, -0.05) is 200 Å². The molecule has 1 heteroatoms. The van der Waals surface area contributed by atoms with Crippen molar-refractivity contribution in [3.8, 4) is 27.9 Å². The fourth-order valence-corrected chi connectivity index (χ4v) is 11.6. The lowest BCUT2D eigenvalue weighted by molar-refractivity contribution is 0.627. The zero-order valence-electron chi connectivity index (χ0n) is 33.5. The average molecular weight is 774 g/mol. The van der Waals surface area contributed by atoms with E-state index in [1.54, 1.807) is 0 Å². The lowest BCUT2D eigenvalue weighted by Gasteiger charge is -2.49. The first-order valence-corrected chi connectivity index (χ1v) is 21.3. The Kier molecular flexibility index (Phi) is 7.21. The van der Waals surface area contributed by atoms with Crippen LogP contribution < -0.4 is 0 Å². The van der Waals surface area contributed by atoms with E-state index in [1.165, 1.54) is 99.3 Å². The lowest BCUT2D eigenvalue weighted by atomic mass is 9.51. The molecule has 0 spiro atoms. The molecular weight excluding hydrogens is 735 g/mol. The van der Waals surface area contributed by atoms with Crippen molar-refractivity contribution in [2.75, 3.05) is 0 Å². The van der Waals surface area contributed by atoms with Gasteiger partial charge < -0.3 is 4.57 Å². The molecule has 2 atom stereocenters. The summed E-state index contributed by atoms with van der Waals surface area (Å²) >= 11 is 0. The number of rotatable bonds is 5. The largest absolute Gasteiger partial charge is 0.309 e. The van der Waals surface area contributed by atoms with Crippen LogP contribution in [0.2, 0.25) is 0 Å². The molecule has 0 saturated heterocycles. The smallest absolute Gasteiger partial charge is 0.0720 e. The molecule has 2 unspecified atom stereocenters. The first-order chi connectivity index (χ1) is 30.3. The van der Waals surface area contributed by atoms with Crippen molar-refractivity contribution in [2.24, 2.45) is 0 Å². The Morgan fingerprint density at radius 1 is 0.311 bits per heavy atom. The topological polar surface area (TPSA) is 4.93 Å². The van der Waals surface area contributed by atoms with E-state index in [-0.39, 0.29) is 0 Å². The number of nitrogens with zero attached hydrogens (tertiary/aromatic N) is 1. The molecule has 2 aliphatic rings. The summed E-state index contributed by atoms with van der Waals surface area (Å²) in [5.74, 6) is 0. The number of benzene rings is 10. The first-order valence-electron chi connectivity index (χ1n) is 21.3. The van der Waals surface area contributed by atoms with Crippen LogP contribution in [0.4, 0.5) is 0 Å². The Morgan fingerprint density at radius 2 is 0.869 bits per heavy atom. The van der Waals surface area contributed by atoms with E-state index in [1.807, 2.05) is 0 Å². The van der Waals surface area contributed by atoms with E-state index >= 15 is 0 Å². The van der Waals surface area contributed by atoms with Crippen LogP contribution in [0.1, 0.15) is 44.5 Å². The maximum Gasteiger partial charge on any atom is 0.0720 e. The molecule has 11 aromatic rings. The lowest BCUT2D eigenvalue weighted by Crippen LogP contribution is -2.44. The van der Waals surface area contributed by atoms with Crippen molar-refractivity contribution in [1.82, 2.24) is 4.57 Å². The molecule has 0 bridgehead atoms. The van der Waals surface area contributed by atoms with Gasteiger partial charge in [0.1, 0.15) is 0 Å². The van der Waals surface area contributed by atoms with Gasteiger partial charge in [0.2, 0.25) is 0 Å². The maximum absolute atomic E-state index is 2.48. The van der Waals surface area contributed by atoms with Gasteiger partial charge in [-0.2, -0.15) is 0 Å². The van der Waals surface area contributed by atoms with Gasteiger partial charge in [0.15, 0.2) is 0 Å². The molecular formula is C60H39N. The third-order valence-corrected chi connectivity index (χ3v) is 13.9. The molecule has 10 aromatic carbocycles. The molecule has 0 aliphatic heterocycles. The summed E-state index contributed by atoms with van der Waals surface area (Å²) < 4.78 is 2.42. The first kappa shape index (κ1) is 34.2. The molecule has 0 amide bonds. The molecule has 1 heterocycles. The third kappa shape index (κ3) is 4.50. The SMILES string of the molecule is c1ccc(-n2c3ccc(-c4cccc(C5(c6ccccc6)c6ccccc6C6(c7ccccc7)c7ccccc7-c7cccc5c76)c4)cc3c3c4ccccc4ccc32)cc1. The van der Waals surface area contributed by atoms with Gasteiger partial charge in [0.25, 0.3) is 0 Å². The van der Waals surface area contributed by atoms with Crippen molar-refractivity contribution in [3.63, 3.8) is 0 Å². The second kappa shape index (κ2) is 12.9. The molecule has 0 radical (unpaired) electrons. The van der Waals surface area contributed by atoms with Crippen molar-refractivity contribution in [3.05, 3.63) is 281 Å². The molecule has 1 aromatic heterocycles. The summed E-state index contributed by atoms with van der Waals surface area (Å²) in [6.45, 7) is 0. The maximum atomic E-state index is 2.48. The minimum absolute atomic E-state index is 0.475. The molecule has 1 nitrogen and oxygen atoms in total. The fourth-order valence-electron chi connectivity index (χ4n) is 11.6. The number of hydrogen-bond acceptors (Lipinski definition) is 0. The Morgan fingerprint density at radius 3 is 1.66 bits per heavy atom. The van der Waals surface area contributed by atoms with E-state index in [9.17, 15) is 0 Å². The summed E-state index contributed by atoms with van der Waals surface area (Å²) in [5.41, 5.74) is 18.1. The number of para-hydroxylation sites is 1. The highest BCUT2D eigenvalue weighted by Gasteiger charge is 2.57. The zero-order chi connectivity index (χ0) is 40.1. The van der Waals surface area contributed by atoms with Crippen LogP contribution in [0.25, 0.3) is 60.5 Å². The van der Waals surface area contributed by atoms with E-state index in [2.05, 4.69) is 241 Å². The minimum atomic E-state index is -0.608. The van der Waals surface area contributed by atoms with E-state index in [0.717, 1.165) is 5.69 Å². The summed E-state index contributed by atoms with van der Waals surface area (Å²) in [5, 5.41) is 5.06. The van der Waals surface area contributed by atoms with Crippen molar-refractivity contribution in [1.29, 1.82) is 0 Å². The standard InChI is InChI=1S/C60H39N/c1-4-20-43(21-5-1)59(52-31-14-15-32-53(52)60(44-22-6-2-7-23-44)51-30-13-12-28-48(51)49-29-17-33-54(59)58(49)60)45-24-16-19-41(38-45)42-35-36-55-50(39-42)57-47-27-11-10-18-40(47)34-37-56(57)61(55)46-25-8-3-9-26-46/h1-39H. The van der Waals surface area contributed by atoms with Crippen LogP contribution in [-0.2, 0) is 10.8 Å². The number of hydrogen-bond donors (Lipinski definition) is 0. The second-order valence-corrected chi connectivity index (χ2v) is 16.7. The molecule has 284 valence electrons. The Balaban J connectivity index is 1.11. The quantitative estimate of drug-likeness (QED) is 0.164. The van der Waals surface area contributed by atoms with Gasteiger partial charge in [0, 0.05) is 16.5 Å². The normalized spacial score (nSPS) is 17.3. The van der Waals surface area contributed by atoms with Crippen LogP contribution in [0, 0.1) is 0 Å². The van der Waals surface area contributed by atoms with Gasteiger partial charge in [-0.15, -0.1) is 0 Å². The van der Waals surface area contributed by atoms with Crippen LogP contribution in [0.15, 0.2) is 237 Å². The summed E-state index contributed by atoms with van der Waals surface area (Å²) in [7, 11) is 0. The molecule has 0 N–H and O–H groups in total. The Bertz CT molecular complexity index is 3530. The van der Waals surface area contributed by atoms with Crippen LogP contribution in [0.5, 0.6) is 0 Å². The Labute approximate surface area is 355 Å². The van der Waals surface area contributed by atoms with Gasteiger partial charge in [-0.25, -0.2) is 0 Å². The third-order valence-electron chi connectivity index (χ3n) is 13.9. The monoisotopic (exact) mass is 773 g/mol. The zero-order valence-corrected chi connectivity index (χ0v) is 33.5. The minimum Gasteiger partial charge on any atom is -0.309 e. The van der Waals surface area contributed by atoms with E-state index in [0.29, 0.717) is 0 Å². The molecule has 0 saturated carbocycles. The van der Waals surface area contributed by atoms with E-state index in [4.69, 9.17) is 0 Å². The summed E-state index contributed by atoms with van der Waals surface area (Å²) in [6.07, 6.45) is 0. The van der Waals surface area contributed by atoms with Crippen LogP contribution >= 0.6 is 0 Å². The predicted octanol–water partition coefficient (Wildman–Crippen LogP) is 14.7. The highest BCUT2D eigenvalue weighted by atomic mass is 15.0. The Hall–Kier alpha value is -7.74. The van der Waals surface area contributed by atoms with Crippen LogP contribution in [0.3, 0.4) is 0 Å². The molecule has 0 fully saturated rings. The number of aromatic nitrogens is 1. The van der Waals surface area contributed by atoms with Crippen LogP contribution in [-0.4, -0.2) is 4.57 Å². The predicted molar refractivity (Wildman–Crippen MR) is 253 cm³/mol. The van der Waals surface area contributed by atoms with E-state index < -0.39 is 10.8 Å². The van der Waals surface area contributed by atoms with Crippen molar-refractivity contribution < 1.29 is 0 Å². The fraction of sp³-hybridized carbons (Fsp3) is 0.0333. The summed E-state index contributed by atoms with van der Waals surface area (Å²) in [4.78, 5) is 0. The van der Waals surface area contributed by atoms with Crippen molar-refractivity contribution in [2.45, 2.75) is 10.8 Å².